The number of fused-ring (bicyclic) bond motifs is 1. The second kappa shape index (κ2) is 9.93. The molecule has 0 aliphatic carbocycles. The van der Waals surface area contributed by atoms with Gasteiger partial charge in [0.25, 0.3) is 0 Å². The van der Waals surface area contributed by atoms with E-state index in [4.69, 9.17) is 15.9 Å². The lowest BCUT2D eigenvalue weighted by molar-refractivity contribution is -0.178. The number of terminal acetylenes is 1. The van der Waals surface area contributed by atoms with Gasteiger partial charge < -0.3 is 14.8 Å². The maximum atomic E-state index is 11.9. The Kier molecular flexibility index (Phi) is 7.32. The minimum absolute atomic E-state index is 0.00815. The summed E-state index contributed by atoms with van der Waals surface area (Å²) in [5.41, 5.74) is 1.75. The highest BCUT2D eigenvalue weighted by molar-refractivity contribution is 8.01. The van der Waals surface area contributed by atoms with E-state index in [9.17, 15) is 4.79 Å². The fraction of sp³-hybridized carbons (Fsp3) is 0.474. The smallest absolute Gasteiger partial charge is 0.224 e. The molecule has 0 saturated carbocycles. The minimum atomic E-state index is -0.0816. The van der Waals surface area contributed by atoms with E-state index in [1.165, 1.54) is 0 Å². The monoisotopic (exact) mass is 390 g/mol. The highest BCUT2D eigenvalue weighted by atomic mass is 32.2. The molecule has 7 heteroatoms. The molecular formula is C19H22N2O3S2. The molecule has 1 N–H and O–H groups in total. The Morgan fingerprint density at radius 2 is 2.27 bits per heavy atom. The molecular weight excluding hydrogens is 368 g/mol. The van der Waals surface area contributed by atoms with Gasteiger partial charge >= 0.3 is 0 Å². The highest BCUT2D eigenvalue weighted by Gasteiger charge is 2.14. The predicted octanol–water partition coefficient (Wildman–Crippen LogP) is 4.28. The number of amides is 1. The van der Waals surface area contributed by atoms with Crippen LogP contribution in [0.15, 0.2) is 22.5 Å². The number of benzene rings is 1. The Balaban J connectivity index is 1.51. The van der Waals surface area contributed by atoms with Crippen molar-refractivity contribution >= 4 is 44.9 Å². The highest BCUT2D eigenvalue weighted by Crippen LogP contribution is 2.32. The van der Waals surface area contributed by atoms with Crippen molar-refractivity contribution in [2.45, 2.75) is 42.7 Å². The zero-order valence-corrected chi connectivity index (χ0v) is 16.2. The van der Waals surface area contributed by atoms with Crippen molar-refractivity contribution in [3.05, 3.63) is 18.2 Å². The molecule has 1 aromatic carbocycles. The molecule has 1 aromatic heterocycles. The van der Waals surface area contributed by atoms with Crippen LogP contribution in [0.3, 0.4) is 0 Å². The summed E-state index contributed by atoms with van der Waals surface area (Å²) < 4.78 is 13.2. The summed E-state index contributed by atoms with van der Waals surface area (Å²) in [4.78, 5) is 16.5. The van der Waals surface area contributed by atoms with Crippen LogP contribution in [0.2, 0.25) is 0 Å². The van der Waals surface area contributed by atoms with E-state index >= 15 is 0 Å². The lowest BCUT2D eigenvalue weighted by Crippen LogP contribution is -2.25. The van der Waals surface area contributed by atoms with E-state index in [2.05, 4.69) is 16.2 Å². The van der Waals surface area contributed by atoms with E-state index in [1.807, 2.05) is 18.2 Å². The van der Waals surface area contributed by atoms with E-state index in [0.717, 1.165) is 52.1 Å². The van der Waals surface area contributed by atoms with Crippen LogP contribution in [0.5, 0.6) is 0 Å². The summed E-state index contributed by atoms with van der Waals surface area (Å²) >= 11 is 3.35. The Morgan fingerprint density at radius 3 is 3.08 bits per heavy atom. The standard InChI is InChI=1S/C19H22N2O3S2/c1-2-3-4-6-17(22)20-14-7-8-15-16(13-14)26-19(21-15)25-12-9-18-23-10-5-11-24-18/h1,7-8,13,18H,3-6,9-12H2,(H,20,22). The number of thiazole rings is 1. The molecule has 2 aromatic rings. The molecule has 0 unspecified atom stereocenters. The zero-order chi connectivity index (χ0) is 18.2. The molecule has 5 nitrogen and oxygen atoms in total. The first-order chi connectivity index (χ1) is 12.7. The summed E-state index contributed by atoms with van der Waals surface area (Å²) in [6.45, 7) is 1.57. The van der Waals surface area contributed by atoms with Crippen molar-refractivity contribution in [1.82, 2.24) is 4.98 Å². The fourth-order valence-corrected chi connectivity index (χ4v) is 4.70. The van der Waals surface area contributed by atoms with Gasteiger partial charge in [-0.15, -0.1) is 23.7 Å². The van der Waals surface area contributed by atoms with Crippen LogP contribution in [0.1, 0.15) is 32.1 Å². The summed E-state index contributed by atoms with van der Waals surface area (Å²) in [5, 5.41) is 2.92. The number of nitrogens with one attached hydrogen (secondary N) is 1. The van der Waals surface area contributed by atoms with Gasteiger partial charge in [-0.1, -0.05) is 11.8 Å². The largest absolute Gasteiger partial charge is 0.353 e. The van der Waals surface area contributed by atoms with Gasteiger partial charge in [0.1, 0.15) is 0 Å². The number of nitrogens with zero attached hydrogens (tertiary/aromatic N) is 1. The van der Waals surface area contributed by atoms with Gasteiger partial charge in [0, 0.05) is 30.7 Å². The van der Waals surface area contributed by atoms with Crippen molar-refractivity contribution in [2.24, 2.45) is 0 Å². The van der Waals surface area contributed by atoms with Crippen molar-refractivity contribution in [3.8, 4) is 12.3 Å². The molecule has 1 saturated heterocycles. The molecule has 0 atom stereocenters. The molecule has 1 aliphatic heterocycles. The first-order valence-electron chi connectivity index (χ1n) is 8.74. The van der Waals surface area contributed by atoms with Crippen molar-refractivity contribution in [3.63, 3.8) is 0 Å². The van der Waals surface area contributed by atoms with Crippen molar-refractivity contribution in [2.75, 3.05) is 24.3 Å². The van der Waals surface area contributed by atoms with E-state index in [0.29, 0.717) is 19.3 Å². The maximum Gasteiger partial charge on any atom is 0.224 e. The van der Waals surface area contributed by atoms with Gasteiger partial charge in [-0.25, -0.2) is 4.98 Å². The lowest BCUT2D eigenvalue weighted by Gasteiger charge is -2.22. The quantitative estimate of drug-likeness (QED) is 0.414. The van der Waals surface area contributed by atoms with E-state index in [1.54, 1.807) is 23.1 Å². The third-order valence-electron chi connectivity index (χ3n) is 3.85. The fourth-order valence-electron chi connectivity index (χ4n) is 2.56. The third-order valence-corrected chi connectivity index (χ3v) is 6.05. The molecule has 0 spiro atoms. The molecule has 1 fully saturated rings. The summed E-state index contributed by atoms with van der Waals surface area (Å²) in [5.74, 6) is 3.44. The summed E-state index contributed by atoms with van der Waals surface area (Å²) in [6.07, 6.45) is 8.74. The average Bonchev–Trinajstić information content (AvgIpc) is 3.05. The van der Waals surface area contributed by atoms with Gasteiger partial charge in [-0.05, 0) is 31.0 Å². The first kappa shape index (κ1) is 19.2. The first-order valence-corrected chi connectivity index (χ1v) is 10.5. The average molecular weight is 391 g/mol. The van der Waals surface area contributed by atoms with Crippen molar-refractivity contribution in [1.29, 1.82) is 0 Å². The topological polar surface area (TPSA) is 60.5 Å². The number of rotatable bonds is 8. The number of hydrogen-bond donors (Lipinski definition) is 1. The van der Waals surface area contributed by atoms with Crippen molar-refractivity contribution < 1.29 is 14.3 Å². The Morgan fingerprint density at radius 1 is 1.42 bits per heavy atom. The molecule has 2 heterocycles. The van der Waals surface area contributed by atoms with Crippen LogP contribution in [0, 0.1) is 12.3 Å². The third kappa shape index (κ3) is 5.71. The molecule has 26 heavy (non-hydrogen) atoms. The van der Waals surface area contributed by atoms with Gasteiger partial charge in [-0.3, -0.25) is 4.79 Å². The van der Waals surface area contributed by atoms with Crippen LogP contribution in [-0.4, -0.2) is 36.1 Å². The molecule has 1 amide bonds. The summed E-state index contributed by atoms with van der Waals surface area (Å²) in [7, 11) is 0. The molecule has 138 valence electrons. The van der Waals surface area contributed by atoms with Gasteiger partial charge in [0.05, 0.1) is 23.4 Å². The minimum Gasteiger partial charge on any atom is -0.353 e. The number of hydrogen-bond acceptors (Lipinski definition) is 6. The van der Waals surface area contributed by atoms with Gasteiger partial charge in [0.15, 0.2) is 10.6 Å². The maximum absolute atomic E-state index is 11.9. The second-order valence-corrected chi connectivity index (χ2v) is 8.30. The SMILES string of the molecule is C#CCCCC(=O)Nc1ccc2nc(SCCC3OCCCO3)sc2c1. The van der Waals surface area contributed by atoms with Gasteiger partial charge in [0.2, 0.25) is 5.91 Å². The molecule has 0 bridgehead atoms. The Bertz CT molecular complexity index is 779. The number of carbonyl (C=O) groups is 1. The number of ether oxygens (including phenoxy) is 2. The van der Waals surface area contributed by atoms with Crippen LogP contribution in [0.4, 0.5) is 5.69 Å². The van der Waals surface area contributed by atoms with Crippen LogP contribution in [-0.2, 0) is 14.3 Å². The molecule has 0 radical (unpaired) electrons. The number of anilines is 1. The summed E-state index contributed by atoms with van der Waals surface area (Å²) in [6, 6.07) is 5.81. The number of aromatic nitrogens is 1. The Labute approximate surface area is 161 Å². The number of thioether (sulfide) groups is 1. The van der Waals surface area contributed by atoms with Crippen LogP contribution in [0.25, 0.3) is 10.2 Å². The second-order valence-electron chi connectivity index (χ2n) is 5.93. The van der Waals surface area contributed by atoms with Crippen LogP contribution >= 0.6 is 23.1 Å². The lowest BCUT2D eigenvalue weighted by atomic mass is 10.2. The number of unbranched alkanes of at least 4 members (excludes halogenated alkanes) is 1. The molecule has 3 rings (SSSR count). The van der Waals surface area contributed by atoms with Crippen LogP contribution < -0.4 is 5.32 Å². The van der Waals surface area contributed by atoms with E-state index < -0.39 is 0 Å². The zero-order valence-electron chi connectivity index (χ0n) is 14.5. The van der Waals surface area contributed by atoms with E-state index in [-0.39, 0.29) is 12.2 Å². The predicted molar refractivity (Wildman–Crippen MR) is 107 cm³/mol. The Hall–Kier alpha value is -1.59. The normalized spacial score (nSPS) is 15.0. The number of carbonyl (C=O) groups excluding carboxylic acids is 1. The molecule has 1 aliphatic rings. The van der Waals surface area contributed by atoms with Gasteiger partial charge in [-0.2, -0.15) is 0 Å².